The molecule has 1 aliphatic carbocycles. The number of carboxylic acids is 1. The van der Waals surface area contributed by atoms with Gasteiger partial charge in [-0.1, -0.05) is 26.7 Å². The van der Waals surface area contributed by atoms with Crippen LogP contribution in [0.3, 0.4) is 0 Å². The maximum Gasteiger partial charge on any atom is 0.314 e. The predicted molar refractivity (Wildman–Crippen MR) is 73.2 cm³/mol. The van der Waals surface area contributed by atoms with E-state index < -0.39 is 11.9 Å². The van der Waals surface area contributed by atoms with Crippen molar-refractivity contribution in [1.29, 1.82) is 0 Å². The number of aliphatic carboxylic acids is 1. The van der Waals surface area contributed by atoms with Crippen molar-refractivity contribution >= 4 is 5.97 Å². The van der Waals surface area contributed by atoms with E-state index in [1.54, 1.807) is 0 Å². The summed E-state index contributed by atoms with van der Waals surface area (Å²) in [7, 11) is 0. The minimum atomic E-state index is -0.835. The smallest absolute Gasteiger partial charge is 0.314 e. The molecule has 4 heteroatoms. The second kappa shape index (κ2) is 5.68. The normalized spacial score (nSPS) is 17.9. The second-order valence-corrected chi connectivity index (χ2v) is 5.83. The SMILES string of the molecule is Cc1cc(C2CCCC2)nc(C(C(=O)O)C(C)C)n1. The van der Waals surface area contributed by atoms with Crippen molar-refractivity contribution in [3.05, 3.63) is 23.3 Å². The van der Waals surface area contributed by atoms with Gasteiger partial charge >= 0.3 is 5.97 Å². The zero-order chi connectivity index (χ0) is 14.0. The molecule has 0 bridgehead atoms. The van der Waals surface area contributed by atoms with Crippen LogP contribution in [0.1, 0.15) is 68.6 Å². The quantitative estimate of drug-likeness (QED) is 0.904. The molecule has 1 fully saturated rings. The molecule has 1 saturated carbocycles. The topological polar surface area (TPSA) is 63.1 Å². The maximum absolute atomic E-state index is 11.4. The van der Waals surface area contributed by atoms with Gasteiger partial charge in [0.25, 0.3) is 0 Å². The lowest BCUT2D eigenvalue weighted by Gasteiger charge is -2.17. The van der Waals surface area contributed by atoms with E-state index in [0.717, 1.165) is 24.2 Å². The molecule has 2 rings (SSSR count). The molecule has 0 saturated heterocycles. The lowest BCUT2D eigenvalue weighted by molar-refractivity contribution is -0.140. The molecule has 1 aliphatic rings. The third-order valence-electron chi connectivity index (χ3n) is 3.88. The highest BCUT2D eigenvalue weighted by atomic mass is 16.4. The molecule has 0 aromatic carbocycles. The first-order valence-electron chi connectivity index (χ1n) is 7.07. The molecule has 1 atom stereocenters. The molecule has 0 spiro atoms. The van der Waals surface area contributed by atoms with Gasteiger partial charge in [0.1, 0.15) is 11.7 Å². The van der Waals surface area contributed by atoms with E-state index in [4.69, 9.17) is 0 Å². The van der Waals surface area contributed by atoms with Gasteiger partial charge in [-0.05, 0) is 31.7 Å². The molecule has 0 aliphatic heterocycles. The number of rotatable bonds is 4. The fraction of sp³-hybridized carbons (Fsp3) is 0.667. The molecule has 1 aromatic rings. The summed E-state index contributed by atoms with van der Waals surface area (Å²) in [5, 5.41) is 9.36. The highest BCUT2D eigenvalue weighted by molar-refractivity contribution is 5.75. The number of hydrogen-bond acceptors (Lipinski definition) is 3. The van der Waals surface area contributed by atoms with Crippen LogP contribution in [-0.2, 0) is 4.79 Å². The standard InChI is InChI=1S/C15H22N2O2/c1-9(2)13(15(18)19)14-16-10(3)8-12(17-14)11-6-4-5-7-11/h8-9,11,13H,4-7H2,1-3H3,(H,18,19). The van der Waals surface area contributed by atoms with Crippen molar-refractivity contribution in [2.45, 2.75) is 58.3 Å². The first kappa shape index (κ1) is 14.0. The van der Waals surface area contributed by atoms with Gasteiger partial charge in [0.05, 0.1) is 0 Å². The molecule has 1 unspecified atom stereocenters. The van der Waals surface area contributed by atoms with Gasteiger partial charge in [0, 0.05) is 17.3 Å². The van der Waals surface area contributed by atoms with Gasteiger partial charge in [-0.15, -0.1) is 0 Å². The van der Waals surface area contributed by atoms with Crippen LogP contribution in [0.4, 0.5) is 0 Å². The lowest BCUT2D eigenvalue weighted by atomic mass is 9.94. The zero-order valence-electron chi connectivity index (χ0n) is 11.9. The fourth-order valence-electron chi connectivity index (χ4n) is 2.88. The molecule has 4 nitrogen and oxygen atoms in total. The summed E-state index contributed by atoms with van der Waals surface area (Å²) in [6, 6.07) is 2.01. The lowest BCUT2D eigenvalue weighted by Crippen LogP contribution is -2.21. The number of aryl methyl sites for hydroxylation is 1. The van der Waals surface area contributed by atoms with Crippen LogP contribution in [-0.4, -0.2) is 21.0 Å². The predicted octanol–water partition coefficient (Wildman–Crippen LogP) is 3.27. The molecule has 1 N–H and O–H groups in total. The summed E-state index contributed by atoms with van der Waals surface area (Å²) >= 11 is 0. The number of carbonyl (C=O) groups is 1. The molecule has 1 aromatic heterocycles. The second-order valence-electron chi connectivity index (χ2n) is 5.83. The van der Waals surface area contributed by atoms with E-state index in [1.165, 1.54) is 12.8 Å². The third kappa shape index (κ3) is 3.11. The highest BCUT2D eigenvalue weighted by Crippen LogP contribution is 2.34. The Morgan fingerprint density at radius 1 is 1.32 bits per heavy atom. The largest absolute Gasteiger partial charge is 0.481 e. The Labute approximate surface area is 114 Å². The summed E-state index contributed by atoms with van der Waals surface area (Å²) in [5.74, 6) is -0.486. The van der Waals surface area contributed by atoms with Crippen LogP contribution in [0.25, 0.3) is 0 Å². The summed E-state index contributed by atoms with van der Waals surface area (Å²) in [4.78, 5) is 20.3. The van der Waals surface area contributed by atoms with Crippen molar-refractivity contribution in [3.8, 4) is 0 Å². The Morgan fingerprint density at radius 3 is 2.47 bits per heavy atom. The minimum absolute atomic E-state index is 0.00396. The van der Waals surface area contributed by atoms with Crippen LogP contribution < -0.4 is 0 Å². The summed E-state index contributed by atoms with van der Waals surface area (Å²) in [5.41, 5.74) is 1.91. The molecular formula is C15H22N2O2. The molecule has 1 heterocycles. The van der Waals surface area contributed by atoms with Crippen LogP contribution in [0.5, 0.6) is 0 Å². The molecule has 19 heavy (non-hydrogen) atoms. The third-order valence-corrected chi connectivity index (χ3v) is 3.88. The Morgan fingerprint density at radius 2 is 1.95 bits per heavy atom. The van der Waals surface area contributed by atoms with E-state index in [0.29, 0.717) is 11.7 Å². The van der Waals surface area contributed by atoms with E-state index >= 15 is 0 Å². The van der Waals surface area contributed by atoms with Crippen molar-refractivity contribution in [1.82, 2.24) is 9.97 Å². The van der Waals surface area contributed by atoms with E-state index in [9.17, 15) is 9.90 Å². The van der Waals surface area contributed by atoms with Gasteiger partial charge in [-0.25, -0.2) is 9.97 Å². The zero-order valence-corrected chi connectivity index (χ0v) is 11.9. The first-order valence-corrected chi connectivity index (χ1v) is 7.07. The van der Waals surface area contributed by atoms with Crippen LogP contribution in [0.2, 0.25) is 0 Å². The number of hydrogen-bond donors (Lipinski definition) is 1. The van der Waals surface area contributed by atoms with Gasteiger partial charge < -0.3 is 5.11 Å². The fourth-order valence-corrected chi connectivity index (χ4v) is 2.88. The van der Waals surface area contributed by atoms with Crippen molar-refractivity contribution in [2.24, 2.45) is 5.92 Å². The number of aromatic nitrogens is 2. The Balaban J connectivity index is 2.37. The summed E-state index contributed by atoms with van der Waals surface area (Å²) < 4.78 is 0. The molecule has 0 amide bonds. The molecule has 0 radical (unpaired) electrons. The Hall–Kier alpha value is -1.45. The number of carboxylic acid groups (broad SMARTS) is 1. The Kier molecular flexibility index (Phi) is 4.17. The Bertz CT molecular complexity index is 465. The van der Waals surface area contributed by atoms with E-state index in [1.807, 2.05) is 26.8 Å². The minimum Gasteiger partial charge on any atom is -0.481 e. The van der Waals surface area contributed by atoms with Crippen LogP contribution in [0, 0.1) is 12.8 Å². The highest BCUT2D eigenvalue weighted by Gasteiger charge is 2.28. The van der Waals surface area contributed by atoms with E-state index in [-0.39, 0.29) is 5.92 Å². The van der Waals surface area contributed by atoms with Gasteiger partial charge in [0.2, 0.25) is 0 Å². The van der Waals surface area contributed by atoms with Gasteiger partial charge in [-0.2, -0.15) is 0 Å². The van der Waals surface area contributed by atoms with Crippen LogP contribution >= 0.6 is 0 Å². The average molecular weight is 262 g/mol. The molecular weight excluding hydrogens is 240 g/mol. The first-order chi connectivity index (χ1) is 8.99. The average Bonchev–Trinajstić information content (AvgIpc) is 2.80. The molecule has 104 valence electrons. The van der Waals surface area contributed by atoms with Crippen molar-refractivity contribution in [3.63, 3.8) is 0 Å². The van der Waals surface area contributed by atoms with E-state index in [2.05, 4.69) is 9.97 Å². The van der Waals surface area contributed by atoms with Crippen LogP contribution in [0.15, 0.2) is 6.07 Å². The monoisotopic (exact) mass is 262 g/mol. The van der Waals surface area contributed by atoms with Gasteiger partial charge in [0.15, 0.2) is 0 Å². The van der Waals surface area contributed by atoms with Crippen molar-refractivity contribution in [2.75, 3.05) is 0 Å². The van der Waals surface area contributed by atoms with Crippen molar-refractivity contribution < 1.29 is 9.90 Å². The van der Waals surface area contributed by atoms with Gasteiger partial charge in [-0.3, -0.25) is 4.79 Å². The maximum atomic E-state index is 11.4. The number of nitrogens with zero attached hydrogens (tertiary/aromatic N) is 2. The summed E-state index contributed by atoms with van der Waals surface area (Å²) in [6.07, 6.45) is 4.82. The summed E-state index contributed by atoms with van der Waals surface area (Å²) in [6.45, 7) is 5.72.